The third-order valence-corrected chi connectivity index (χ3v) is 6.12. The van der Waals surface area contributed by atoms with Gasteiger partial charge in [-0.05, 0) is 29.9 Å². The van der Waals surface area contributed by atoms with Crippen molar-refractivity contribution in [3.63, 3.8) is 0 Å². The van der Waals surface area contributed by atoms with Gasteiger partial charge in [0.25, 0.3) is 5.91 Å². The molecule has 2 atom stereocenters. The topological polar surface area (TPSA) is 66.5 Å². The van der Waals surface area contributed by atoms with Crippen LogP contribution in [0.1, 0.15) is 43.0 Å². The summed E-state index contributed by atoms with van der Waals surface area (Å²) in [6, 6.07) is 16.7. The fraction of sp³-hybridized carbons (Fsp3) is 0.348. The fourth-order valence-electron chi connectivity index (χ4n) is 4.35. The lowest BCUT2D eigenvalue weighted by Crippen LogP contribution is -2.54. The predicted octanol–water partition coefficient (Wildman–Crippen LogP) is 4.04. The third-order valence-electron chi connectivity index (χ3n) is 6.12. The molecule has 1 saturated heterocycles. The zero-order valence-corrected chi connectivity index (χ0v) is 16.0. The molecule has 2 aromatic carbocycles. The lowest BCUT2D eigenvalue weighted by atomic mass is 9.73. The highest BCUT2D eigenvalue weighted by atomic mass is 16.2. The van der Waals surface area contributed by atoms with Gasteiger partial charge in [0, 0.05) is 5.56 Å². The molecule has 1 aliphatic carbocycles. The van der Waals surface area contributed by atoms with E-state index in [9.17, 15) is 14.4 Å². The molecule has 2 aromatic rings. The van der Waals surface area contributed by atoms with Crippen LogP contribution in [0.3, 0.4) is 0 Å². The van der Waals surface area contributed by atoms with Crippen LogP contribution >= 0.6 is 0 Å². The maximum atomic E-state index is 13.0. The van der Waals surface area contributed by atoms with Crippen molar-refractivity contribution in [2.75, 3.05) is 6.54 Å². The van der Waals surface area contributed by atoms with Crippen molar-refractivity contribution < 1.29 is 14.4 Å². The molecule has 0 bridgehead atoms. The van der Waals surface area contributed by atoms with Crippen LogP contribution in [0.4, 0.5) is 4.79 Å². The summed E-state index contributed by atoms with van der Waals surface area (Å²) in [5.41, 5.74) is 1.76. The smallest absolute Gasteiger partial charge is 0.323 e. The maximum absolute atomic E-state index is 13.0. The minimum Gasteiger partial charge on any atom is -0.323 e. The van der Waals surface area contributed by atoms with Crippen LogP contribution in [0, 0.1) is 5.92 Å². The van der Waals surface area contributed by atoms with Crippen LogP contribution < -0.4 is 5.32 Å². The number of ketones is 1. The molecule has 2 aliphatic rings. The van der Waals surface area contributed by atoms with Gasteiger partial charge in [0.15, 0.2) is 5.78 Å². The number of imide groups is 1. The highest BCUT2D eigenvalue weighted by Gasteiger charge is 2.55. The minimum absolute atomic E-state index is 0.0861. The lowest BCUT2D eigenvalue weighted by molar-refractivity contribution is -0.133. The number of nitrogens with zero attached hydrogens (tertiary/aromatic N) is 1. The Morgan fingerprint density at radius 2 is 1.71 bits per heavy atom. The standard InChI is InChI=1S/C23H24N2O3/c1-16-7-5-6-14-23(16)21(27)25(22(28)24-23)15-20(26)19-12-10-18(11-13-19)17-8-3-2-4-9-17/h2-4,8-13,16H,5-7,14-15H2,1H3,(H,24,28)/t16-,23+/m0/s1. The van der Waals surface area contributed by atoms with Crippen LogP contribution in [-0.4, -0.2) is 34.7 Å². The van der Waals surface area contributed by atoms with Gasteiger partial charge in [-0.25, -0.2) is 4.79 Å². The summed E-state index contributed by atoms with van der Waals surface area (Å²) in [6.45, 7) is 1.79. The van der Waals surface area contributed by atoms with E-state index in [2.05, 4.69) is 5.32 Å². The molecule has 1 heterocycles. The summed E-state index contributed by atoms with van der Waals surface area (Å²) in [6.07, 6.45) is 3.54. The Bertz CT molecular complexity index is 907. The molecule has 1 N–H and O–H groups in total. The van der Waals surface area contributed by atoms with Gasteiger partial charge >= 0.3 is 6.03 Å². The number of hydrogen-bond acceptors (Lipinski definition) is 3. The molecule has 0 radical (unpaired) electrons. The fourth-order valence-corrected chi connectivity index (χ4v) is 4.35. The first-order valence-corrected chi connectivity index (χ1v) is 9.84. The molecule has 0 aromatic heterocycles. The average molecular weight is 376 g/mol. The second-order valence-electron chi connectivity index (χ2n) is 7.81. The molecule has 1 aliphatic heterocycles. The Hall–Kier alpha value is -2.95. The molecule has 1 spiro atoms. The van der Waals surface area contributed by atoms with E-state index in [1.807, 2.05) is 49.4 Å². The number of rotatable bonds is 4. The van der Waals surface area contributed by atoms with Crippen molar-refractivity contribution in [2.45, 2.75) is 38.1 Å². The Kier molecular flexibility index (Phi) is 4.75. The Labute approximate surface area is 164 Å². The highest BCUT2D eigenvalue weighted by molar-refractivity contribution is 6.11. The number of hydrogen-bond donors (Lipinski definition) is 1. The summed E-state index contributed by atoms with van der Waals surface area (Å²) >= 11 is 0. The van der Waals surface area contributed by atoms with Gasteiger partial charge in [-0.2, -0.15) is 0 Å². The summed E-state index contributed by atoms with van der Waals surface area (Å²) in [5, 5.41) is 2.89. The number of carbonyl (C=O) groups excluding carboxylic acids is 3. The zero-order chi connectivity index (χ0) is 19.7. The Balaban J connectivity index is 1.49. The number of benzene rings is 2. The average Bonchev–Trinajstić information content (AvgIpc) is 2.96. The van der Waals surface area contributed by atoms with Crippen LogP contribution in [0.15, 0.2) is 54.6 Å². The monoisotopic (exact) mass is 376 g/mol. The summed E-state index contributed by atoms with van der Waals surface area (Å²) in [4.78, 5) is 39.3. The Morgan fingerprint density at radius 3 is 2.39 bits per heavy atom. The number of carbonyl (C=O) groups is 3. The maximum Gasteiger partial charge on any atom is 0.325 e. The van der Waals surface area contributed by atoms with E-state index in [0.717, 1.165) is 35.3 Å². The van der Waals surface area contributed by atoms with Gasteiger partial charge in [-0.1, -0.05) is 74.4 Å². The Morgan fingerprint density at radius 1 is 1.04 bits per heavy atom. The number of nitrogens with one attached hydrogen (secondary N) is 1. The van der Waals surface area contributed by atoms with Gasteiger partial charge in [-0.15, -0.1) is 0 Å². The van der Waals surface area contributed by atoms with Gasteiger partial charge in [-0.3, -0.25) is 14.5 Å². The quantitative estimate of drug-likeness (QED) is 0.647. The molecular weight excluding hydrogens is 352 g/mol. The van der Waals surface area contributed by atoms with Crippen molar-refractivity contribution in [2.24, 2.45) is 5.92 Å². The number of urea groups is 1. The first-order valence-electron chi connectivity index (χ1n) is 9.84. The van der Waals surface area contributed by atoms with Crippen LogP contribution in [0.2, 0.25) is 0 Å². The molecule has 3 amide bonds. The molecule has 0 unspecified atom stereocenters. The number of amides is 3. The molecule has 2 fully saturated rings. The van der Waals surface area contributed by atoms with Crippen molar-refractivity contribution >= 4 is 17.7 Å². The zero-order valence-electron chi connectivity index (χ0n) is 16.0. The summed E-state index contributed by atoms with van der Waals surface area (Å²) in [7, 11) is 0. The highest BCUT2D eigenvalue weighted by Crippen LogP contribution is 2.38. The molecule has 144 valence electrons. The normalized spacial score (nSPS) is 24.5. The van der Waals surface area contributed by atoms with E-state index < -0.39 is 11.6 Å². The van der Waals surface area contributed by atoms with Crippen LogP contribution in [-0.2, 0) is 4.79 Å². The second-order valence-corrected chi connectivity index (χ2v) is 7.81. The third kappa shape index (κ3) is 3.11. The first kappa shape index (κ1) is 18.4. The van der Waals surface area contributed by atoms with Gasteiger partial charge in [0.1, 0.15) is 5.54 Å². The second kappa shape index (κ2) is 7.23. The van der Waals surface area contributed by atoms with E-state index in [4.69, 9.17) is 0 Å². The largest absolute Gasteiger partial charge is 0.325 e. The minimum atomic E-state index is -0.827. The van der Waals surface area contributed by atoms with E-state index >= 15 is 0 Å². The molecular formula is C23H24N2O3. The van der Waals surface area contributed by atoms with Crippen LogP contribution in [0.5, 0.6) is 0 Å². The van der Waals surface area contributed by atoms with E-state index in [1.54, 1.807) is 12.1 Å². The van der Waals surface area contributed by atoms with E-state index in [1.165, 1.54) is 0 Å². The molecule has 5 heteroatoms. The summed E-state index contributed by atoms with van der Waals surface area (Å²) < 4.78 is 0. The molecule has 4 rings (SSSR count). The first-order chi connectivity index (χ1) is 13.5. The van der Waals surface area contributed by atoms with Crippen molar-refractivity contribution in [1.82, 2.24) is 10.2 Å². The van der Waals surface area contributed by atoms with Gasteiger partial charge in [0.05, 0.1) is 6.54 Å². The van der Waals surface area contributed by atoms with Gasteiger partial charge < -0.3 is 5.32 Å². The van der Waals surface area contributed by atoms with Crippen LogP contribution in [0.25, 0.3) is 11.1 Å². The van der Waals surface area contributed by atoms with E-state index in [-0.39, 0.29) is 24.2 Å². The summed E-state index contributed by atoms with van der Waals surface area (Å²) in [5.74, 6) is -0.398. The number of Topliss-reactive ketones (excluding diaryl/α,β-unsaturated/α-hetero) is 1. The molecule has 5 nitrogen and oxygen atoms in total. The van der Waals surface area contributed by atoms with Gasteiger partial charge in [0.2, 0.25) is 0 Å². The van der Waals surface area contributed by atoms with Crippen molar-refractivity contribution in [1.29, 1.82) is 0 Å². The predicted molar refractivity (Wildman–Crippen MR) is 107 cm³/mol. The van der Waals surface area contributed by atoms with E-state index in [0.29, 0.717) is 12.0 Å². The SMILES string of the molecule is C[C@H]1CCCC[C@@]12NC(=O)N(CC(=O)c1ccc(-c3ccccc3)cc1)C2=O. The lowest BCUT2D eigenvalue weighted by Gasteiger charge is -2.36. The van der Waals surface area contributed by atoms with Crippen molar-refractivity contribution in [3.05, 3.63) is 60.2 Å². The molecule has 1 saturated carbocycles. The van der Waals surface area contributed by atoms with Crippen molar-refractivity contribution in [3.8, 4) is 11.1 Å². The molecule has 28 heavy (non-hydrogen) atoms.